The van der Waals surface area contributed by atoms with Gasteiger partial charge >= 0.3 is 0 Å². The molecule has 0 heterocycles. The van der Waals surface area contributed by atoms with E-state index in [4.69, 9.17) is 9.90 Å². The van der Waals surface area contributed by atoms with Gasteiger partial charge in [0.1, 0.15) is 5.82 Å². The number of nitrogens with one attached hydrogen (secondary N) is 1. The van der Waals surface area contributed by atoms with Crippen LogP contribution < -0.4 is 16.2 Å². The predicted octanol–water partition coefficient (Wildman–Crippen LogP) is -0.213. The fourth-order valence-electron chi connectivity index (χ4n) is 1.09. The number of amides is 1. The van der Waals surface area contributed by atoms with Crippen molar-refractivity contribution in [1.29, 1.82) is 0 Å². The lowest BCUT2D eigenvalue weighted by Crippen LogP contribution is -2.68. The third-order valence-corrected chi connectivity index (χ3v) is 2.27. The van der Waals surface area contributed by atoms with Crippen LogP contribution in [0.3, 0.4) is 0 Å². The number of halogens is 1. The van der Waals surface area contributed by atoms with Gasteiger partial charge in [0, 0.05) is 11.9 Å². The van der Waals surface area contributed by atoms with Crippen molar-refractivity contribution < 1.29 is 24.8 Å². The molecule has 6 heteroatoms. The lowest BCUT2D eigenvalue weighted by atomic mass is 10.0. The van der Waals surface area contributed by atoms with E-state index in [-0.39, 0.29) is 23.6 Å². The second-order valence-corrected chi connectivity index (χ2v) is 4.31. The Morgan fingerprint density at radius 3 is 2.21 bits per heavy atom. The molecular formula is C13H19FN2O3. The average Bonchev–Trinajstić information content (AvgIpc) is 2.30. The average molecular weight is 270 g/mol. The van der Waals surface area contributed by atoms with Crippen molar-refractivity contribution in [1.82, 2.24) is 0 Å². The van der Waals surface area contributed by atoms with Crippen LogP contribution >= 0.6 is 0 Å². The second kappa shape index (κ2) is 8.20. The molecule has 0 saturated carbocycles. The summed E-state index contributed by atoms with van der Waals surface area (Å²) in [7, 11) is 0. The number of quaternary nitrogens is 1. The molecule has 0 aliphatic heterocycles. The number of carbonyl (C=O) groups is 2. The van der Waals surface area contributed by atoms with Gasteiger partial charge in [-0.3, -0.25) is 4.79 Å². The first-order valence-electron chi connectivity index (χ1n) is 5.81. The third-order valence-electron chi connectivity index (χ3n) is 2.27. The van der Waals surface area contributed by atoms with Crippen LogP contribution in [-0.4, -0.2) is 17.9 Å². The standard InChI is InChI=1S/C11H15FN2O.C2H4O2/c1-7(2)10(13)11(15)14-9-6-4-3-5-8(9)12;1-2(3)4/h3-7,10H,13H2,1-2H3,(H,14,15);1H3,(H,3,4)/t10-;/m0./s1. The van der Waals surface area contributed by atoms with Gasteiger partial charge in [-0.25, -0.2) is 4.39 Å². The van der Waals surface area contributed by atoms with Gasteiger partial charge in [0.25, 0.3) is 5.91 Å². The number of carboxylic acids is 1. The molecule has 106 valence electrons. The van der Waals surface area contributed by atoms with Gasteiger partial charge in [-0.15, -0.1) is 0 Å². The first-order chi connectivity index (χ1) is 8.75. The van der Waals surface area contributed by atoms with E-state index >= 15 is 0 Å². The van der Waals surface area contributed by atoms with Gasteiger partial charge in [0.15, 0.2) is 6.04 Å². The Hall–Kier alpha value is -1.95. The quantitative estimate of drug-likeness (QED) is 0.795. The number of anilines is 1. The molecule has 1 aromatic rings. The number of hydrogen-bond donors (Lipinski definition) is 2. The number of hydrogen-bond acceptors (Lipinski definition) is 3. The van der Waals surface area contributed by atoms with E-state index in [9.17, 15) is 9.18 Å². The molecule has 0 bridgehead atoms. The Kier molecular flexibility index (Phi) is 7.36. The Morgan fingerprint density at radius 2 is 1.79 bits per heavy atom. The molecule has 0 aliphatic carbocycles. The van der Waals surface area contributed by atoms with E-state index in [1.54, 1.807) is 12.1 Å². The molecule has 1 rings (SSSR count). The van der Waals surface area contributed by atoms with Crippen LogP contribution in [-0.2, 0) is 9.59 Å². The Balaban J connectivity index is 0.000000711. The van der Waals surface area contributed by atoms with Crippen LogP contribution in [0, 0.1) is 11.7 Å². The maximum absolute atomic E-state index is 13.2. The minimum Gasteiger partial charge on any atom is -0.550 e. The van der Waals surface area contributed by atoms with E-state index < -0.39 is 11.8 Å². The molecular weight excluding hydrogens is 251 g/mol. The van der Waals surface area contributed by atoms with Crippen LogP contribution in [0.2, 0.25) is 0 Å². The number of carbonyl (C=O) groups excluding carboxylic acids is 2. The monoisotopic (exact) mass is 270 g/mol. The third kappa shape index (κ3) is 7.15. The number of carboxylic acid groups (broad SMARTS) is 1. The highest BCUT2D eigenvalue weighted by atomic mass is 19.1. The van der Waals surface area contributed by atoms with Crippen LogP contribution in [0.25, 0.3) is 0 Å². The van der Waals surface area contributed by atoms with Crippen molar-refractivity contribution >= 4 is 17.6 Å². The van der Waals surface area contributed by atoms with Crippen molar-refractivity contribution in [2.75, 3.05) is 5.32 Å². The van der Waals surface area contributed by atoms with Crippen LogP contribution in [0.4, 0.5) is 10.1 Å². The summed E-state index contributed by atoms with van der Waals surface area (Å²) in [6.45, 7) is 4.77. The summed E-state index contributed by atoms with van der Waals surface area (Å²) < 4.78 is 13.2. The van der Waals surface area contributed by atoms with Crippen LogP contribution in [0.15, 0.2) is 24.3 Å². The second-order valence-electron chi connectivity index (χ2n) is 4.31. The van der Waals surface area contributed by atoms with E-state index in [1.165, 1.54) is 12.1 Å². The first kappa shape index (κ1) is 17.1. The first-order valence-corrected chi connectivity index (χ1v) is 5.81. The fraction of sp³-hybridized carbons (Fsp3) is 0.385. The summed E-state index contributed by atoms with van der Waals surface area (Å²) in [6, 6.07) is 5.72. The molecule has 0 aromatic heterocycles. The van der Waals surface area contributed by atoms with Gasteiger partial charge in [0.05, 0.1) is 5.69 Å². The molecule has 4 N–H and O–H groups in total. The predicted molar refractivity (Wildman–Crippen MR) is 67.2 cm³/mol. The van der Waals surface area contributed by atoms with Gasteiger partial charge in [-0.1, -0.05) is 26.0 Å². The van der Waals surface area contributed by atoms with Gasteiger partial charge in [0.2, 0.25) is 0 Å². The number of aliphatic carboxylic acids is 1. The molecule has 1 aromatic carbocycles. The summed E-state index contributed by atoms with van der Waals surface area (Å²) in [5, 5.41) is 11.4. The number of rotatable bonds is 3. The molecule has 0 spiro atoms. The zero-order chi connectivity index (χ0) is 15.0. The summed E-state index contributed by atoms with van der Waals surface area (Å²) in [4.78, 5) is 20.5. The smallest absolute Gasteiger partial charge is 0.282 e. The van der Waals surface area contributed by atoms with E-state index in [1.807, 2.05) is 13.8 Å². The maximum atomic E-state index is 13.2. The van der Waals surface area contributed by atoms with Crippen molar-refractivity contribution in [2.24, 2.45) is 5.92 Å². The van der Waals surface area contributed by atoms with E-state index in [0.717, 1.165) is 6.92 Å². The molecule has 0 aliphatic rings. The molecule has 1 atom stereocenters. The van der Waals surface area contributed by atoms with Crippen molar-refractivity contribution in [3.8, 4) is 0 Å². The topological polar surface area (TPSA) is 96.9 Å². The fourth-order valence-corrected chi connectivity index (χ4v) is 1.09. The Bertz CT molecular complexity index is 432. The molecule has 0 radical (unpaired) electrons. The Morgan fingerprint density at radius 1 is 1.32 bits per heavy atom. The lowest BCUT2D eigenvalue weighted by molar-refractivity contribution is -0.412. The SMILES string of the molecule is CC(=O)[O-].CC(C)[C@H]([NH3+])C(=O)Nc1ccccc1F. The summed E-state index contributed by atoms with van der Waals surface area (Å²) in [6.07, 6.45) is 0. The van der Waals surface area contributed by atoms with Crippen LogP contribution in [0.5, 0.6) is 0 Å². The molecule has 0 unspecified atom stereocenters. The van der Waals surface area contributed by atoms with Gasteiger partial charge < -0.3 is 21.0 Å². The molecule has 0 fully saturated rings. The van der Waals surface area contributed by atoms with E-state index in [2.05, 4.69) is 11.1 Å². The highest BCUT2D eigenvalue weighted by Crippen LogP contribution is 2.12. The molecule has 5 nitrogen and oxygen atoms in total. The van der Waals surface area contributed by atoms with Crippen molar-refractivity contribution in [2.45, 2.75) is 26.8 Å². The maximum Gasteiger partial charge on any atom is 0.282 e. The van der Waals surface area contributed by atoms with E-state index in [0.29, 0.717) is 0 Å². The normalized spacial score (nSPS) is 11.3. The minimum atomic E-state index is -1.08. The van der Waals surface area contributed by atoms with Gasteiger partial charge in [-0.05, 0) is 19.1 Å². The van der Waals surface area contributed by atoms with Gasteiger partial charge in [-0.2, -0.15) is 0 Å². The summed E-state index contributed by atoms with van der Waals surface area (Å²) in [5.74, 6) is -1.63. The lowest BCUT2D eigenvalue weighted by Gasteiger charge is -2.12. The molecule has 19 heavy (non-hydrogen) atoms. The summed E-state index contributed by atoms with van der Waals surface area (Å²) in [5.41, 5.74) is 3.93. The summed E-state index contributed by atoms with van der Waals surface area (Å²) >= 11 is 0. The highest BCUT2D eigenvalue weighted by molar-refractivity contribution is 5.93. The Labute approximate surface area is 111 Å². The zero-order valence-corrected chi connectivity index (χ0v) is 11.3. The van der Waals surface area contributed by atoms with Crippen molar-refractivity contribution in [3.63, 3.8) is 0 Å². The highest BCUT2D eigenvalue weighted by Gasteiger charge is 2.21. The molecule has 0 saturated heterocycles. The number of para-hydroxylation sites is 1. The van der Waals surface area contributed by atoms with Crippen molar-refractivity contribution in [3.05, 3.63) is 30.1 Å². The minimum absolute atomic E-state index is 0.136. The number of benzene rings is 1. The largest absolute Gasteiger partial charge is 0.550 e. The molecule has 1 amide bonds. The zero-order valence-electron chi connectivity index (χ0n) is 11.3. The van der Waals surface area contributed by atoms with Crippen LogP contribution in [0.1, 0.15) is 20.8 Å².